The molecule has 1 aromatic heterocycles. The van der Waals surface area contributed by atoms with Gasteiger partial charge in [0.15, 0.2) is 0 Å². The fraction of sp³-hybridized carbons (Fsp3) is 0.348. The second-order valence-electron chi connectivity index (χ2n) is 7.64. The molecule has 10 heteroatoms. The first-order chi connectivity index (χ1) is 15.7. The van der Waals surface area contributed by atoms with Gasteiger partial charge in [-0.1, -0.05) is 44.2 Å². The summed E-state index contributed by atoms with van der Waals surface area (Å²) in [5.74, 6) is -0.341. The van der Waals surface area contributed by atoms with Crippen LogP contribution < -0.4 is 11.1 Å². The average molecular weight is 472 g/mol. The van der Waals surface area contributed by atoms with Crippen LogP contribution in [0.5, 0.6) is 0 Å². The maximum absolute atomic E-state index is 12.8. The molecule has 2 amide bonds. The van der Waals surface area contributed by atoms with Gasteiger partial charge in [0, 0.05) is 33.0 Å². The summed E-state index contributed by atoms with van der Waals surface area (Å²) in [5, 5.41) is 2.68. The van der Waals surface area contributed by atoms with Crippen molar-refractivity contribution in [1.82, 2.24) is 19.2 Å². The van der Waals surface area contributed by atoms with Gasteiger partial charge in [-0.3, -0.25) is 9.59 Å². The second-order valence-corrected chi connectivity index (χ2v) is 9.58. The molecule has 0 saturated heterocycles. The van der Waals surface area contributed by atoms with Crippen LogP contribution in [0.15, 0.2) is 53.4 Å². The highest BCUT2D eigenvalue weighted by atomic mass is 32.2. The minimum atomic E-state index is -3.59. The molecule has 0 aliphatic rings. The van der Waals surface area contributed by atoms with Crippen LogP contribution >= 0.6 is 0 Å². The number of nitrogens with two attached hydrogens (primary N) is 1. The number of hydrogen-bond acceptors (Lipinski definition) is 5. The smallest absolute Gasteiger partial charge is 0.244 e. The summed E-state index contributed by atoms with van der Waals surface area (Å²) in [6.45, 7) is 4.36. The molecule has 0 bridgehead atoms. The zero-order valence-electron chi connectivity index (χ0n) is 19.0. The van der Waals surface area contributed by atoms with E-state index in [2.05, 4.69) is 10.3 Å². The van der Waals surface area contributed by atoms with Crippen LogP contribution in [-0.4, -0.2) is 47.2 Å². The molecule has 0 aliphatic heterocycles. The third-order valence-electron chi connectivity index (χ3n) is 5.59. The summed E-state index contributed by atoms with van der Waals surface area (Å²) in [6, 6.07) is 12.8. The molecule has 9 nitrogen and oxygen atoms in total. The monoisotopic (exact) mass is 471 g/mol. The highest BCUT2D eigenvalue weighted by molar-refractivity contribution is 7.89. The van der Waals surface area contributed by atoms with E-state index in [1.54, 1.807) is 56.3 Å². The van der Waals surface area contributed by atoms with Crippen molar-refractivity contribution in [2.24, 2.45) is 12.8 Å². The number of nitrogens with one attached hydrogen (secondary N) is 1. The normalized spacial score (nSPS) is 12.7. The molecule has 3 rings (SSSR count). The Morgan fingerprint density at radius 2 is 1.79 bits per heavy atom. The van der Waals surface area contributed by atoms with E-state index >= 15 is 0 Å². The first-order valence-corrected chi connectivity index (χ1v) is 12.2. The summed E-state index contributed by atoms with van der Waals surface area (Å²) >= 11 is 0. The van der Waals surface area contributed by atoms with Gasteiger partial charge in [-0.25, -0.2) is 13.4 Å². The zero-order chi connectivity index (χ0) is 24.2. The molecule has 3 aromatic rings. The molecule has 0 spiro atoms. The lowest BCUT2D eigenvalue weighted by Gasteiger charge is -2.18. The maximum Gasteiger partial charge on any atom is 0.244 e. The molecular formula is C23H29N5O4S. The number of hydrogen-bond donors (Lipinski definition) is 2. The Balaban J connectivity index is 1.76. The van der Waals surface area contributed by atoms with Crippen LogP contribution in [0.25, 0.3) is 11.0 Å². The fourth-order valence-corrected chi connectivity index (χ4v) is 5.23. The van der Waals surface area contributed by atoms with Crippen molar-refractivity contribution in [3.8, 4) is 0 Å². The van der Waals surface area contributed by atoms with Gasteiger partial charge >= 0.3 is 0 Å². The molecule has 1 unspecified atom stereocenters. The topological polar surface area (TPSA) is 127 Å². The molecule has 2 aromatic carbocycles. The van der Waals surface area contributed by atoms with Crippen molar-refractivity contribution in [1.29, 1.82) is 0 Å². The Bertz CT molecular complexity index is 1250. The summed E-state index contributed by atoms with van der Waals surface area (Å²) < 4.78 is 28.9. The van der Waals surface area contributed by atoms with Gasteiger partial charge in [0.1, 0.15) is 11.9 Å². The Labute approximate surface area is 193 Å². The van der Waals surface area contributed by atoms with E-state index < -0.39 is 22.0 Å². The van der Waals surface area contributed by atoms with Crippen molar-refractivity contribution in [2.45, 2.75) is 37.6 Å². The zero-order valence-corrected chi connectivity index (χ0v) is 19.8. The van der Waals surface area contributed by atoms with E-state index in [-0.39, 0.29) is 17.2 Å². The molecule has 1 atom stereocenters. The third kappa shape index (κ3) is 5.23. The number of fused-ring (bicyclic) bond motifs is 1. The lowest BCUT2D eigenvalue weighted by Crippen LogP contribution is -2.37. The summed E-state index contributed by atoms with van der Waals surface area (Å²) in [6.07, 6.45) is 0.411. The van der Waals surface area contributed by atoms with E-state index in [4.69, 9.17) is 5.73 Å². The fourth-order valence-electron chi connectivity index (χ4n) is 3.75. The van der Waals surface area contributed by atoms with E-state index in [9.17, 15) is 18.0 Å². The maximum atomic E-state index is 12.8. The van der Waals surface area contributed by atoms with Crippen molar-refractivity contribution >= 4 is 32.9 Å². The van der Waals surface area contributed by atoms with Crippen molar-refractivity contribution in [2.75, 3.05) is 13.1 Å². The van der Waals surface area contributed by atoms with Gasteiger partial charge in [-0.2, -0.15) is 4.31 Å². The Kier molecular flexibility index (Phi) is 7.50. The van der Waals surface area contributed by atoms with Crippen LogP contribution in [0, 0.1) is 0 Å². The van der Waals surface area contributed by atoms with Crippen LogP contribution in [0.3, 0.4) is 0 Å². The first-order valence-electron chi connectivity index (χ1n) is 10.8. The minimum Gasteiger partial charge on any atom is -0.368 e. The summed E-state index contributed by atoms with van der Waals surface area (Å²) in [7, 11) is -1.78. The van der Waals surface area contributed by atoms with Crippen LogP contribution in [-0.2, 0) is 33.1 Å². The number of amides is 2. The molecule has 1 heterocycles. The lowest BCUT2D eigenvalue weighted by molar-refractivity contribution is -0.127. The molecule has 0 saturated carbocycles. The molecule has 0 aliphatic carbocycles. The quantitative estimate of drug-likeness (QED) is 0.467. The van der Waals surface area contributed by atoms with Gasteiger partial charge in [-0.05, 0) is 23.8 Å². The van der Waals surface area contributed by atoms with Crippen molar-refractivity contribution in [3.05, 3.63) is 59.9 Å². The second kappa shape index (κ2) is 10.1. The number of primary amides is 1. The number of aromatic nitrogens is 2. The molecule has 0 fully saturated rings. The van der Waals surface area contributed by atoms with Gasteiger partial charge in [0.05, 0.1) is 15.9 Å². The van der Waals surface area contributed by atoms with Crippen molar-refractivity contribution in [3.63, 3.8) is 0 Å². The van der Waals surface area contributed by atoms with Gasteiger partial charge in [0.2, 0.25) is 21.8 Å². The number of nitrogens with zero attached hydrogens (tertiary/aromatic N) is 3. The first kappa shape index (κ1) is 24.4. The van der Waals surface area contributed by atoms with Crippen LogP contribution in [0.1, 0.15) is 37.7 Å². The number of benzene rings is 2. The largest absolute Gasteiger partial charge is 0.368 e. The highest BCUT2D eigenvalue weighted by Crippen LogP contribution is 2.23. The Hall–Kier alpha value is -3.24. The van der Waals surface area contributed by atoms with E-state index in [0.717, 1.165) is 5.52 Å². The van der Waals surface area contributed by atoms with E-state index in [1.807, 2.05) is 17.7 Å². The summed E-state index contributed by atoms with van der Waals surface area (Å²) in [4.78, 5) is 29.1. The number of imidazole rings is 1. The highest BCUT2D eigenvalue weighted by Gasteiger charge is 2.23. The van der Waals surface area contributed by atoms with Crippen LogP contribution in [0.4, 0.5) is 0 Å². The average Bonchev–Trinajstić information content (AvgIpc) is 3.12. The van der Waals surface area contributed by atoms with Crippen LogP contribution in [0.2, 0.25) is 0 Å². The molecule has 176 valence electrons. The lowest BCUT2D eigenvalue weighted by atomic mass is 10.1. The van der Waals surface area contributed by atoms with Gasteiger partial charge in [0.25, 0.3) is 0 Å². The minimum absolute atomic E-state index is 0.0956. The standard InChI is InChI=1S/C23H29N5O4S/c1-4-28(5-2)33(31,32)17-11-12-19-18(15-17)25-20(27(19)3)13-14-21(29)26-22(23(24)30)16-9-7-6-8-10-16/h6-12,15,22H,4-5,13-14H2,1-3H3,(H2,24,30)(H,26,29). The van der Waals surface area contributed by atoms with Gasteiger partial charge in [-0.15, -0.1) is 0 Å². The van der Waals surface area contributed by atoms with E-state index in [1.165, 1.54) is 4.31 Å². The molecule has 3 N–H and O–H groups in total. The number of aryl methyl sites for hydroxylation is 2. The number of carbonyl (C=O) groups is 2. The third-order valence-corrected chi connectivity index (χ3v) is 7.63. The van der Waals surface area contributed by atoms with E-state index in [0.29, 0.717) is 36.4 Å². The van der Waals surface area contributed by atoms with Gasteiger partial charge < -0.3 is 15.6 Å². The Morgan fingerprint density at radius 3 is 2.39 bits per heavy atom. The number of sulfonamides is 1. The molecule has 0 radical (unpaired) electrons. The number of carbonyl (C=O) groups excluding carboxylic acids is 2. The summed E-state index contributed by atoms with van der Waals surface area (Å²) in [5.41, 5.74) is 7.39. The predicted octanol–water partition coefficient (Wildman–Crippen LogP) is 1.88. The van der Waals surface area contributed by atoms with Crippen molar-refractivity contribution < 1.29 is 18.0 Å². The predicted molar refractivity (Wildman–Crippen MR) is 126 cm³/mol. The SMILES string of the molecule is CCN(CC)S(=O)(=O)c1ccc2c(c1)nc(CCC(=O)NC(C(N)=O)c1ccccc1)n2C. The molecule has 33 heavy (non-hydrogen) atoms. The Morgan fingerprint density at radius 1 is 1.12 bits per heavy atom. The number of rotatable bonds is 10. The molecular weight excluding hydrogens is 442 g/mol.